The molecule has 2 fully saturated rings. The summed E-state index contributed by atoms with van der Waals surface area (Å²) in [4.78, 5) is 11.8. The molecule has 1 aliphatic carbocycles. The third kappa shape index (κ3) is 1.55. The van der Waals surface area contributed by atoms with Gasteiger partial charge in [-0.05, 0) is 19.8 Å². The van der Waals surface area contributed by atoms with Crippen LogP contribution in [0.4, 0.5) is 0 Å². The summed E-state index contributed by atoms with van der Waals surface area (Å²) in [7, 11) is 1.49. The Bertz CT molecular complexity index is 295. The van der Waals surface area contributed by atoms with Crippen molar-refractivity contribution in [1.82, 2.24) is 10.6 Å². The predicted molar refractivity (Wildman–Crippen MR) is 62.1 cm³/mol. The van der Waals surface area contributed by atoms with E-state index < -0.39 is 0 Å². The Balaban J connectivity index is 1.97. The van der Waals surface area contributed by atoms with Crippen molar-refractivity contribution in [2.24, 2.45) is 10.8 Å². The third-order valence-electron chi connectivity index (χ3n) is 4.40. The number of piperidine rings is 1. The highest BCUT2D eigenvalue weighted by Gasteiger charge is 2.74. The van der Waals surface area contributed by atoms with E-state index >= 15 is 0 Å². The first kappa shape index (κ1) is 11.9. The Hall–Kier alpha value is -0.610. The summed E-state index contributed by atoms with van der Waals surface area (Å²) in [6, 6.07) is 0.519. The lowest BCUT2D eigenvalue weighted by Gasteiger charge is -2.19. The van der Waals surface area contributed by atoms with Crippen LogP contribution in [0.25, 0.3) is 0 Å². The first-order chi connectivity index (χ1) is 7.60. The number of methoxy groups -OCH3 is 1. The number of rotatable bonds is 5. The summed E-state index contributed by atoms with van der Waals surface area (Å²) in [5.41, 5.74) is -0.119. The molecule has 2 aliphatic rings. The van der Waals surface area contributed by atoms with Crippen molar-refractivity contribution in [3.63, 3.8) is 0 Å². The van der Waals surface area contributed by atoms with Gasteiger partial charge in [-0.3, -0.25) is 4.79 Å². The fraction of sp³-hybridized carbons (Fsp3) is 0.917. The molecule has 1 saturated carbocycles. The minimum Gasteiger partial charge on any atom is -0.469 e. The molecule has 92 valence electrons. The standard InChI is InChI=1S/C12H22N2O2/c1-4-9(2)14-7-11-5-12(11,8-13-6-11)10(15)16-3/h9,13-14H,4-8H2,1-3H3. The molecule has 2 rings (SSSR count). The van der Waals surface area contributed by atoms with Gasteiger partial charge in [0.05, 0.1) is 12.5 Å². The van der Waals surface area contributed by atoms with Crippen LogP contribution in [0.3, 0.4) is 0 Å². The maximum Gasteiger partial charge on any atom is 0.313 e. The van der Waals surface area contributed by atoms with Crippen molar-refractivity contribution in [2.45, 2.75) is 32.7 Å². The topological polar surface area (TPSA) is 50.4 Å². The molecule has 0 spiro atoms. The molecule has 4 nitrogen and oxygen atoms in total. The number of ether oxygens (including phenoxy) is 1. The van der Waals surface area contributed by atoms with Crippen molar-refractivity contribution in [3.8, 4) is 0 Å². The van der Waals surface area contributed by atoms with Gasteiger partial charge in [0.25, 0.3) is 0 Å². The van der Waals surface area contributed by atoms with Crippen LogP contribution in [0.5, 0.6) is 0 Å². The van der Waals surface area contributed by atoms with Gasteiger partial charge < -0.3 is 15.4 Å². The van der Waals surface area contributed by atoms with Crippen LogP contribution in [-0.2, 0) is 9.53 Å². The van der Waals surface area contributed by atoms with Crippen LogP contribution in [0.15, 0.2) is 0 Å². The number of hydrogen-bond donors (Lipinski definition) is 2. The molecule has 1 saturated heterocycles. The van der Waals surface area contributed by atoms with E-state index in [1.807, 2.05) is 0 Å². The van der Waals surface area contributed by atoms with Crippen molar-refractivity contribution >= 4 is 5.97 Å². The fourth-order valence-electron chi connectivity index (χ4n) is 2.89. The molecule has 3 atom stereocenters. The molecule has 4 heteroatoms. The van der Waals surface area contributed by atoms with Gasteiger partial charge in [-0.15, -0.1) is 0 Å². The Morgan fingerprint density at radius 1 is 1.56 bits per heavy atom. The zero-order valence-electron chi connectivity index (χ0n) is 10.4. The predicted octanol–water partition coefficient (Wildman–Crippen LogP) is 0.527. The van der Waals surface area contributed by atoms with E-state index in [1.165, 1.54) is 7.11 Å². The molecule has 1 aliphatic heterocycles. The van der Waals surface area contributed by atoms with E-state index in [4.69, 9.17) is 4.74 Å². The van der Waals surface area contributed by atoms with Crippen molar-refractivity contribution in [3.05, 3.63) is 0 Å². The molecule has 3 unspecified atom stereocenters. The average molecular weight is 226 g/mol. The SMILES string of the molecule is CCC(C)NCC12CNCC1(C(=O)OC)C2. The first-order valence-electron chi connectivity index (χ1n) is 6.13. The molecule has 0 aromatic rings. The highest BCUT2D eigenvalue weighted by molar-refractivity contribution is 5.83. The van der Waals surface area contributed by atoms with Crippen molar-refractivity contribution < 1.29 is 9.53 Å². The highest BCUT2D eigenvalue weighted by Crippen LogP contribution is 2.66. The van der Waals surface area contributed by atoms with Gasteiger partial charge >= 0.3 is 5.97 Å². The molecule has 1 heterocycles. The number of fused-ring (bicyclic) bond motifs is 1. The first-order valence-corrected chi connectivity index (χ1v) is 6.13. The summed E-state index contributed by atoms with van der Waals surface area (Å²) in [5.74, 6) is -0.0385. The zero-order valence-corrected chi connectivity index (χ0v) is 10.4. The Morgan fingerprint density at radius 2 is 2.31 bits per heavy atom. The molecule has 0 aromatic heterocycles. The normalized spacial score (nSPS) is 37.9. The molecule has 2 N–H and O–H groups in total. The van der Waals surface area contributed by atoms with Crippen LogP contribution < -0.4 is 10.6 Å². The second-order valence-corrected chi connectivity index (χ2v) is 5.32. The lowest BCUT2D eigenvalue weighted by Crippen LogP contribution is -2.36. The molecular formula is C12H22N2O2. The minimum atomic E-state index is -0.234. The maximum atomic E-state index is 11.8. The molecule has 0 aromatic carbocycles. The van der Waals surface area contributed by atoms with E-state index in [0.717, 1.165) is 32.5 Å². The van der Waals surface area contributed by atoms with E-state index in [1.54, 1.807) is 0 Å². The lowest BCUT2D eigenvalue weighted by molar-refractivity contribution is -0.147. The molecule has 16 heavy (non-hydrogen) atoms. The van der Waals surface area contributed by atoms with Gasteiger partial charge in [0, 0.05) is 31.1 Å². The number of nitrogens with one attached hydrogen (secondary N) is 2. The number of carbonyl (C=O) groups is 1. The number of esters is 1. The highest BCUT2D eigenvalue weighted by atomic mass is 16.5. The molecular weight excluding hydrogens is 204 g/mol. The Labute approximate surface area is 97.1 Å². The second-order valence-electron chi connectivity index (χ2n) is 5.32. The van der Waals surface area contributed by atoms with E-state index in [9.17, 15) is 4.79 Å². The van der Waals surface area contributed by atoms with Crippen LogP contribution in [0.2, 0.25) is 0 Å². The van der Waals surface area contributed by atoms with Gasteiger partial charge in [0.15, 0.2) is 0 Å². The number of hydrogen-bond acceptors (Lipinski definition) is 4. The monoisotopic (exact) mass is 226 g/mol. The van der Waals surface area contributed by atoms with E-state index in [-0.39, 0.29) is 16.8 Å². The number of carbonyl (C=O) groups excluding carboxylic acids is 1. The van der Waals surface area contributed by atoms with Gasteiger partial charge in [-0.2, -0.15) is 0 Å². The summed E-state index contributed by atoms with van der Waals surface area (Å²) in [6.45, 7) is 6.99. The van der Waals surface area contributed by atoms with E-state index in [2.05, 4.69) is 24.5 Å². The Kier molecular flexibility index (Phi) is 2.97. The maximum absolute atomic E-state index is 11.8. The summed E-state index contributed by atoms with van der Waals surface area (Å²) in [5, 5.41) is 6.83. The van der Waals surface area contributed by atoms with Crippen molar-refractivity contribution in [1.29, 1.82) is 0 Å². The summed E-state index contributed by atoms with van der Waals surface area (Å²) >= 11 is 0. The second kappa shape index (κ2) is 4.00. The third-order valence-corrected chi connectivity index (χ3v) is 4.40. The molecule has 0 radical (unpaired) electrons. The van der Waals surface area contributed by atoms with Crippen LogP contribution >= 0.6 is 0 Å². The summed E-state index contributed by atoms with van der Waals surface area (Å²) < 4.78 is 4.93. The van der Waals surface area contributed by atoms with Gasteiger partial charge in [0.1, 0.15) is 0 Å². The lowest BCUT2D eigenvalue weighted by atomic mass is 9.96. The largest absolute Gasteiger partial charge is 0.469 e. The smallest absolute Gasteiger partial charge is 0.313 e. The van der Waals surface area contributed by atoms with Crippen LogP contribution in [0.1, 0.15) is 26.7 Å². The fourth-order valence-corrected chi connectivity index (χ4v) is 2.89. The quantitative estimate of drug-likeness (QED) is 0.671. The van der Waals surface area contributed by atoms with E-state index in [0.29, 0.717) is 6.04 Å². The van der Waals surface area contributed by atoms with Crippen LogP contribution in [0, 0.1) is 10.8 Å². The van der Waals surface area contributed by atoms with Gasteiger partial charge in [-0.25, -0.2) is 0 Å². The minimum absolute atomic E-state index is 0.0385. The van der Waals surface area contributed by atoms with Gasteiger partial charge in [0.2, 0.25) is 0 Å². The van der Waals surface area contributed by atoms with Crippen LogP contribution in [-0.4, -0.2) is 38.8 Å². The summed E-state index contributed by atoms with van der Waals surface area (Å²) in [6.07, 6.45) is 2.10. The molecule has 0 amide bonds. The zero-order chi connectivity index (χ0) is 11.8. The van der Waals surface area contributed by atoms with Gasteiger partial charge in [-0.1, -0.05) is 6.92 Å². The Morgan fingerprint density at radius 3 is 2.94 bits per heavy atom. The average Bonchev–Trinajstić information content (AvgIpc) is 2.83. The van der Waals surface area contributed by atoms with Crippen molar-refractivity contribution in [2.75, 3.05) is 26.7 Å². The molecule has 0 bridgehead atoms.